The molecule has 2 unspecified atom stereocenters. The van der Waals surface area contributed by atoms with Crippen molar-refractivity contribution in [3.63, 3.8) is 0 Å². The Morgan fingerprint density at radius 3 is 2.38 bits per heavy atom. The Hall–Kier alpha value is -0.200. The van der Waals surface area contributed by atoms with Gasteiger partial charge in [-0.1, -0.05) is 6.92 Å². The molecule has 0 amide bonds. The van der Waals surface area contributed by atoms with Gasteiger partial charge in [-0.05, 0) is 0 Å². The van der Waals surface area contributed by atoms with E-state index in [1.165, 1.54) is 7.11 Å². The van der Waals surface area contributed by atoms with Gasteiger partial charge < -0.3 is 24.8 Å². The highest BCUT2D eigenvalue weighted by atomic mass is 16.7. The molecule has 5 atom stereocenters. The highest BCUT2D eigenvalue weighted by Gasteiger charge is 2.41. The molecular weight excluding hydrogens is 176 g/mol. The lowest BCUT2D eigenvalue weighted by Crippen LogP contribution is -2.55. The molecule has 3 N–H and O–H groups in total. The maximum absolute atomic E-state index is 9.53. The van der Waals surface area contributed by atoms with Crippen molar-refractivity contribution in [1.29, 1.82) is 0 Å². The summed E-state index contributed by atoms with van der Waals surface area (Å²) in [5.41, 5.74) is 0. The van der Waals surface area contributed by atoms with Gasteiger partial charge in [-0.3, -0.25) is 0 Å². The van der Waals surface area contributed by atoms with E-state index < -0.39 is 24.6 Å². The Labute approximate surface area is 76.9 Å². The predicted octanol–water partition coefficient (Wildman–Crippen LogP) is -1.29. The summed E-state index contributed by atoms with van der Waals surface area (Å²) < 4.78 is 10.0. The fraction of sp³-hybridized carbons (Fsp3) is 1.00. The van der Waals surface area contributed by atoms with E-state index in [1.807, 2.05) is 0 Å². The van der Waals surface area contributed by atoms with Crippen LogP contribution in [-0.4, -0.2) is 53.6 Å². The number of hydrogen-bond acceptors (Lipinski definition) is 5. The Kier molecular flexibility index (Phi) is 3.63. The lowest BCUT2D eigenvalue weighted by atomic mass is 9.91. The van der Waals surface area contributed by atoms with E-state index in [2.05, 4.69) is 0 Å². The van der Waals surface area contributed by atoms with Crippen molar-refractivity contribution >= 4 is 0 Å². The number of aliphatic hydroxyl groups excluding tert-OH is 3. The number of rotatable bonds is 2. The second kappa shape index (κ2) is 4.34. The molecule has 1 saturated heterocycles. The monoisotopic (exact) mass is 192 g/mol. The van der Waals surface area contributed by atoms with Crippen LogP contribution in [0, 0.1) is 5.92 Å². The third-order valence-electron chi connectivity index (χ3n) is 2.48. The van der Waals surface area contributed by atoms with E-state index in [-0.39, 0.29) is 12.5 Å². The maximum Gasteiger partial charge on any atom is 0.186 e. The molecule has 1 fully saturated rings. The molecule has 0 saturated carbocycles. The molecule has 1 heterocycles. The van der Waals surface area contributed by atoms with Crippen molar-refractivity contribution in [3.05, 3.63) is 0 Å². The second-order valence-electron chi connectivity index (χ2n) is 3.30. The minimum atomic E-state index is -1.05. The minimum Gasteiger partial charge on any atom is -0.394 e. The molecule has 5 nitrogen and oxygen atoms in total. The summed E-state index contributed by atoms with van der Waals surface area (Å²) in [4.78, 5) is 0. The molecule has 13 heavy (non-hydrogen) atoms. The summed E-state index contributed by atoms with van der Waals surface area (Å²) in [7, 11) is 1.38. The SMILES string of the molecule is CO[C@H]1OC(CO)[C@@H](C)[C@@H](O)C1O. The number of aliphatic hydroxyl groups is 3. The van der Waals surface area contributed by atoms with Crippen LogP contribution in [-0.2, 0) is 9.47 Å². The highest BCUT2D eigenvalue weighted by molar-refractivity contribution is 4.86. The van der Waals surface area contributed by atoms with Crippen LogP contribution >= 0.6 is 0 Å². The summed E-state index contributed by atoms with van der Waals surface area (Å²) in [6.07, 6.45) is -3.31. The summed E-state index contributed by atoms with van der Waals surface area (Å²) in [5.74, 6) is -0.300. The van der Waals surface area contributed by atoms with E-state index in [9.17, 15) is 10.2 Å². The van der Waals surface area contributed by atoms with Crippen LogP contribution in [0.2, 0.25) is 0 Å². The summed E-state index contributed by atoms with van der Waals surface area (Å²) in [6.45, 7) is 1.52. The van der Waals surface area contributed by atoms with E-state index >= 15 is 0 Å². The van der Waals surface area contributed by atoms with Gasteiger partial charge in [0, 0.05) is 13.0 Å². The first-order chi connectivity index (χ1) is 6.11. The van der Waals surface area contributed by atoms with Crippen molar-refractivity contribution < 1.29 is 24.8 Å². The van der Waals surface area contributed by atoms with Crippen molar-refractivity contribution in [1.82, 2.24) is 0 Å². The van der Waals surface area contributed by atoms with E-state index in [0.717, 1.165) is 0 Å². The van der Waals surface area contributed by atoms with Gasteiger partial charge in [0.1, 0.15) is 6.10 Å². The second-order valence-corrected chi connectivity index (χ2v) is 3.30. The lowest BCUT2D eigenvalue weighted by molar-refractivity contribution is -0.280. The lowest BCUT2D eigenvalue weighted by Gasteiger charge is -2.40. The number of ether oxygens (including phenoxy) is 2. The van der Waals surface area contributed by atoms with Crippen LogP contribution in [0.4, 0.5) is 0 Å². The van der Waals surface area contributed by atoms with E-state index in [1.54, 1.807) is 6.92 Å². The van der Waals surface area contributed by atoms with Gasteiger partial charge >= 0.3 is 0 Å². The average molecular weight is 192 g/mol. The van der Waals surface area contributed by atoms with Crippen LogP contribution < -0.4 is 0 Å². The zero-order valence-electron chi connectivity index (χ0n) is 7.75. The first kappa shape index (κ1) is 10.9. The maximum atomic E-state index is 9.53. The summed E-state index contributed by atoms with van der Waals surface area (Å²) >= 11 is 0. The number of methoxy groups -OCH3 is 1. The van der Waals surface area contributed by atoms with Crippen molar-refractivity contribution in [2.24, 2.45) is 5.92 Å². The molecule has 0 aliphatic carbocycles. The zero-order valence-corrected chi connectivity index (χ0v) is 7.75. The molecule has 78 valence electrons. The molecule has 1 rings (SSSR count). The Morgan fingerprint density at radius 1 is 1.31 bits per heavy atom. The third-order valence-corrected chi connectivity index (χ3v) is 2.48. The Balaban J connectivity index is 2.66. The fourth-order valence-corrected chi connectivity index (χ4v) is 1.47. The van der Waals surface area contributed by atoms with Crippen molar-refractivity contribution in [3.8, 4) is 0 Å². The molecular formula is C8H16O5. The van der Waals surface area contributed by atoms with Gasteiger partial charge in [0.15, 0.2) is 6.29 Å². The highest BCUT2D eigenvalue weighted by Crippen LogP contribution is 2.25. The Morgan fingerprint density at radius 2 is 1.92 bits per heavy atom. The molecule has 1 aliphatic rings. The summed E-state index contributed by atoms with van der Waals surface area (Å²) in [6, 6.07) is 0. The number of hydrogen-bond donors (Lipinski definition) is 3. The first-order valence-electron chi connectivity index (χ1n) is 4.27. The third kappa shape index (κ3) is 2.00. The molecule has 0 spiro atoms. The van der Waals surface area contributed by atoms with Gasteiger partial charge in [0.05, 0.1) is 18.8 Å². The first-order valence-corrected chi connectivity index (χ1v) is 4.27. The molecule has 5 heteroatoms. The van der Waals surface area contributed by atoms with Crippen molar-refractivity contribution in [2.45, 2.75) is 31.5 Å². The average Bonchev–Trinajstić information content (AvgIpc) is 2.15. The van der Waals surface area contributed by atoms with Gasteiger partial charge in [-0.25, -0.2) is 0 Å². The molecule has 0 aromatic rings. The topological polar surface area (TPSA) is 79.2 Å². The molecule has 0 aromatic carbocycles. The molecule has 1 aliphatic heterocycles. The van der Waals surface area contributed by atoms with Crippen molar-refractivity contribution in [2.75, 3.05) is 13.7 Å². The van der Waals surface area contributed by atoms with E-state index in [0.29, 0.717) is 0 Å². The van der Waals surface area contributed by atoms with Gasteiger partial charge in [-0.15, -0.1) is 0 Å². The minimum absolute atomic E-state index is 0.190. The van der Waals surface area contributed by atoms with Gasteiger partial charge in [-0.2, -0.15) is 0 Å². The smallest absolute Gasteiger partial charge is 0.186 e. The van der Waals surface area contributed by atoms with Gasteiger partial charge in [0.2, 0.25) is 0 Å². The normalized spacial score (nSPS) is 46.4. The van der Waals surface area contributed by atoms with Crippen LogP contribution in [0.5, 0.6) is 0 Å². The summed E-state index contributed by atoms with van der Waals surface area (Å²) in [5, 5.41) is 27.9. The van der Waals surface area contributed by atoms with Crippen LogP contribution in [0.15, 0.2) is 0 Å². The van der Waals surface area contributed by atoms with Crippen LogP contribution in [0.3, 0.4) is 0 Å². The largest absolute Gasteiger partial charge is 0.394 e. The molecule has 0 bridgehead atoms. The molecule has 0 aromatic heterocycles. The van der Waals surface area contributed by atoms with Crippen LogP contribution in [0.1, 0.15) is 6.92 Å². The van der Waals surface area contributed by atoms with Crippen LogP contribution in [0.25, 0.3) is 0 Å². The van der Waals surface area contributed by atoms with Gasteiger partial charge in [0.25, 0.3) is 0 Å². The standard InChI is InChI=1S/C8H16O5/c1-4-5(3-9)13-8(12-2)7(11)6(4)10/h4-11H,3H2,1-2H3/t4-,5?,6-,7?,8+/m1/s1. The fourth-order valence-electron chi connectivity index (χ4n) is 1.47. The predicted molar refractivity (Wildman–Crippen MR) is 43.9 cm³/mol. The Bertz CT molecular complexity index is 143. The molecule has 0 radical (unpaired) electrons. The zero-order chi connectivity index (χ0) is 10.0. The quantitative estimate of drug-likeness (QED) is 0.507. The van der Waals surface area contributed by atoms with E-state index in [4.69, 9.17) is 14.6 Å².